The van der Waals surface area contributed by atoms with Gasteiger partial charge in [-0.2, -0.15) is 5.10 Å². The van der Waals surface area contributed by atoms with Crippen LogP contribution in [0.4, 0.5) is 10.2 Å². The Morgan fingerprint density at radius 3 is 3.00 bits per heavy atom. The van der Waals surface area contributed by atoms with Gasteiger partial charge in [0.05, 0.1) is 17.8 Å². The van der Waals surface area contributed by atoms with E-state index in [9.17, 15) is 9.18 Å². The van der Waals surface area contributed by atoms with Crippen LogP contribution in [0.5, 0.6) is 0 Å². The van der Waals surface area contributed by atoms with E-state index in [0.29, 0.717) is 24.7 Å². The lowest BCUT2D eigenvalue weighted by molar-refractivity contribution is -0.116. The van der Waals surface area contributed by atoms with Crippen LogP contribution in [0.2, 0.25) is 5.02 Å². The van der Waals surface area contributed by atoms with E-state index >= 15 is 0 Å². The Labute approximate surface area is 157 Å². The molecule has 0 saturated carbocycles. The lowest BCUT2D eigenvalue weighted by atomic mass is 10.0. The maximum absolute atomic E-state index is 13.5. The maximum Gasteiger partial charge on any atom is 0.225 e. The first kappa shape index (κ1) is 19.7. The topological polar surface area (TPSA) is 59.0 Å². The number of benzene rings is 1. The average molecular weight is 387 g/mol. The summed E-state index contributed by atoms with van der Waals surface area (Å²) in [6, 6.07) is 6.37. The van der Waals surface area contributed by atoms with Crippen LogP contribution < -0.4 is 10.6 Å². The largest absolute Gasteiger partial charge is 0.316 e. The first-order valence-corrected chi connectivity index (χ1v) is 8.46. The summed E-state index contributed by atoms with van der Waals surface area (Å²) in [5, 5.41) is 10.5. The van der Waals surface area contributed by atoms with E-state index in [1.165, 1.54) is 12.1 Å². The van der Waals surface area contributed by atoms with Crippen LogP contribution in [0, 0.1) is 11.7 Å². The molecule has 8 heteroatoms. The van der Waals surface area contributed by atoms with Gasteiger partial charge in [-0.05, 0) is 49.5 Å². The maximum atomic E-state index is 13.5. The molecular formula is C17H21Cl2FN4O. The van der Waals surface area contributed by atoms with Crippen LogP contribution >= 0.6 is 24.0 Å². The van der Waals surface area contributed by atoms with E-state index in [0.717, 1.165) is 31.5 Å². The van der Waals surface area contributed by atoms with Gasteiger partial charge in [-0.1, -0.05) is 17.7 Å². The summed E-state index contributed by atoms with van der Waals surface area (Å²) >= 11 is 5.69. The molecule has 136 valence electrons. The van der Waals surface area contributed by atoms with Gasteiger partial charge >= 0.3 is 0 Å². The standard InChI is InChI=1S/C17H20ClFN4O.ClH/c18-14-3-1-13(9-15(14)19)11-23-16(6-8-21-23)22-17(24)4-2-12-5-7-20-10-12;/h1,3,6,8-9,12,20H,2,4-5,7,10-11H2,(H,22,24);1H. The third kappa shape index (κ3) is 5.42. The van der Waals surface area contributed by atoms with Crippen molar-refractivity contribution in [3.8, 4) is 0 Å². The Hall–Kier alpha value is -1.63. The SMILES string of the molecule is Cl.O=C(CCC1CCNC1)Nc1ccnn1Cc1ccc(Cl)c(F)c1. The van der Waals surface area contributed by atoms with Crippen molar-refractivity contribution >= 4 is 35.7 Å². The Morgan fingerprint density at radius 1 is 1.44 bits per heavy atom. The summed E-state index contributed by atoms with van der Waals surface area (Å²) in [4.78, 5) is 12.1. The van der Waals surface area contributed by atoms with Crippen LogP contribution in [-0.2, 0) is 11.3 Å². The van der Waals surface area contributed by atoms with E-state index in [1.54, 1.807) is 23.0 Å². The van der Waals surface area contributed by atoms with E-state index < -0.39 is 5.82 Å². The van der Waals surface area contributed by atoms with Crippen LogP contribution in [0.1, 0.15) is 24.8 Å². The van der Waals surface area contributed by atoms with E-state index in [4.69, 9.17) is 11.6 Å². The van der Waals surface area contributed by atoms with Gasteiger partial charge in [-0.15, -0.1) is 12.4 Å². The highest BCUT2D eigenvalue weighted by molar-refractivity contribution is 6.30. The van der Waals surface area contributed by atoms with Crippen LogP contribution in [-0.4, -0.2) is 28.8 Å². The smallest absolute Gasteiger partial charge is 0.225 e. The van der Waals surface area contributed by atoms with Crippen molar-refractivity contribution in [3.63, 3.8) is 0 Å². The quantitative estimate of drug-likeness (QED) is 0.798. The zero-order valence-electron chi connectivity index (χ0n) is 13.7. The number of amides is 1. The summed E-state index contributed by atoms with van der Waals surface area (Å²) in [7, 11) is 0. The number of hydrogen-bond acceptors (Lipinski definition) is 3. The molecule has 2 N–H and O–H groups in total. The molecule has 1 fully saturated rings. The molecule has 5 nitrogen and oxygen atoms in total. The van der Waals surface area contributed by atoms with Crippen molar-refractivity contribution in [2.24, 2.45) is 5.92 Å². The summed E-state index contributed by atoms with van der Waals surface area (Å²) in [6.07, 6.45) is 4.12. The molecule has 1 aromatic heterocycles. The number of nitrogens with zero attached hydrogens (tertiary/aromatic N) is 2. The Bertz CT molecular complexity index is 716. The molecule has 1 aliphatic rings. The fraction of sp³-hybridized carbons (Fsp3) is 0.412. The molecule has 1 saturated heterocycles. The normalized spacial score (nSPS) is 16.5. The van der Waals surface area contributed by atoms with E-state index in [1.807, 2.05) is 0 Å². The number of carbonyl (C=O) groups excluding carboxylic acids is 1. The van der Waals surface area contributed by atoms with E-state index in [2.05, 4.69) is 15.7 Å². The van der Waals surface area contributed by atoms with Gasteiger partial charge < -0.3 is 10.6 Å². The Kier molecular flexibility index (Phi) is 7.23. The van der Waals surface area contributed by atoms with Crippen LogP contribution in [0.3, 0.4) is 0 Å². The molecule has 1 aliphatic heterocycles. The van der Waals surface area contributed by atoms with Crippen molar-refractivity contribution in [2.45, 2.75) is 25.8 Å². The number of carbonyl (C=O) groups is 1. The molecule has 0 bridgehead atoms. The summed E-state index contributed by atoms with van der Waals surface area (Å²) in [5.41, 5.74) is 0.730. The monoisotopic (exact) mass is 386 g/mol. The highest BCUT2D eigenvalue weighted by Crippen LogP contribution is 2.18. The molecule has 2 heterocycles. The van der Waals surface area contributed by atoms with Crippen molar-refractivity contribution in [2.75, 3.05) is 18.4 Å². The number of nitrogens with one attached hydrogen (secondary N) is 2. The second-order valence-electron chi connectivity index (χ2n) is 6.07. The average Bonchev–Trinajstić information content (AvgIpc) is 3.21. The number of aromatic nitrogens is 2. The number of halogens is 3. The number of rotatable bonds is 6. The predicted octanol–water partition coefficient (Wildman–Crippen LogP) is 3.47. The highest BCUT2D eigenvalue weighted by atomic mass is 35.5. The number of hydrogen-bond donors (Lipinski definition) is 2. The van der Waals surface area contributed by atoms with Gasteiger partial charge in [-0.25, -0.2) is 9.07 Å². The third-order valence-corrected chi connectivity index (χ3v) is 4.55. The van der Waals surface area contributed by atoms with Gasteiger partial charge in [0.1, 0.15) is 11.6 Å². The highest BCUT2D eigenvalue weighted by Gasteiger charge is 2.16. The summed E-state index contributed by atoms with van der Waals surface area (Å²) in [5.74, 6) is 0.709. The van der Waals surface area contributed by atoms with Crippen molar-refractivity contribution in [1.29, 1.82) is 0 Å². The molecule has 1 unspecified atom stereocenters. The zero-order valence-corrected chi connectivity index (χ0v) is 15.2. The number of anilines is 1. The molecule has 1 amide bonds. The third-order valence-electron chi connectivity index (χ3n) is 4.24. The zero-order chi connectivity index (χ0) is 16.9. The molecule has 2 aromatic rings. The molecule has 25 heavy (non-hydrogen) atoms. The lowest BCUT2D eigenvalue weighted by Gasteiger charge is -2.11. The van der Waals surface area contributed by atoms with E-state index in [-0.39, 0.29) is 23.3 Å². The van der Waals surface area contributed by atoms with Crippen molar-refractivity contribution < 1.29 is 9.18 Å². The van der Waals surface area contributed by atoms with Gasteiger partial charge in [0.2, 0.25) is 5.91 Å². The molecule has 1 aromatic carbocycles. The van der Waals surface area contributed by atoms with Crippen molar-refractivity contribution in [3.05, 3.63) is 46.9 Å². The first-order chi connectivity index (χ1) is 11.6. The molecular weight excluding hydrogens is 366 g/mol. The molecule has 0 aliphatic carbocycles. The van der Waals surface area contributed by atoms with Gasteiger partial charge in [0.25, 0.3) is 0 Å². The van der Waals surface area contributed by atoms with Gasteiger partial charge in [0, 0.05) is 12.5 Å². The molecule has 0 radical (unpaired) electrons. The summed E-state index contributed by atoms with van der Waals surface area (Å²) < 4.78 is 15.2. The lowest BCUT2D eigenvalue weighted by Crippen LogP contribution is -2.17. The minimum Gasteiger partial charge on any atom is -0.316 e. The van der Waals surface area contributed by atoms with Gasteiger partial charge in [0.15, 0.2) is 0 Å². The molecule has 1 atom stereocenters. The first-order valence-electron chi connectivity index (χ1n) is 8.08. The summed E-state index contributed by atoms with van der Waals surface area (Å²) in [6.45, 7) is 2.40. The Balaban J connectivity index is 0.00000225. The molecule has 3 rings (SSSR count). The van der Waals surface area contributed by atoms with Crippen LogP contribution in [0.15, 0.2) is 30.5 Å². The minimum absolute atomic E-state index is 0. The second kappa shape index (κ2) is 9.17. The minimum atomic E-state index is -0.461. The second-order valence-corrected chi connectivity index (χ2v) is 6.48. The van der Waals surface area contributed by atoms with Crippen molar-refractivity contribution in [1.82, 2.24) is 15.1 Å². The fourth-order valence-electron chi connectivity index (χ4n) is 2.88. The predicted molar refractivity (Wildman–Crippen MR) is 98.8 cm³/mol. The Morgan fingerprint density at radius 2 is 2.28 bits per heavy atom. The fourth-order valence-corrected chi connectivity index (χ4v) is 2.99. The van der Waals surface area contributed by atoms with Crippen LogP contribution in [0.25, 0.3) is 0 Å². The van der Waals surface area contributed by atoms with Gasteiger partial charge in [-0.3, -0.25) is 4.79 Å². The molecule has 0 spiro atoms.